The summed E-state index contributed by atoms with van der Waals surface area (Å²) in [7, 11) is 3.25. The molecule has 0 radical (unpaired) electrons. The van der Waals surface area contributed by atoms with Crippen LogP contribution in [-0.4, -0.2) is 20.4 Å². The fraction of sp³-hybridized carbons (Fsp3) is 0.208. The van der Waals surface area contributed by atoms with Crippen molar-refractivity contribution in [3.63, 3.8) is 0 Å². The van der Waals surface area contributed by atoms with Crippen LogP contribution in [0.15, 0.2) is 71.8 Å². The van der Waals surface area contributed by atoms with Gasteiger partial charge >= 0.3 is 0 Å². The van der Waals surface area contributed by atoms with Gasteiger partial charge < -0.3 is 19.6 Å². The molecule has 3 rings (SSSR count). The fourth-order valence-electron chi connectivity index (χ4n) is 2.78. The van der Waals surface area contributed by atoms with Crippen LogP contribution in [-0.2, 0) is 13.2 Å². The third kappa shape index (κ3) is 6.01. The minimum atomic E-state index is 0.540. The van der Waals surface area contributed by atoms with E-state index in [1.165, 1.54) is 5.56 Å². The molecule has 0 aliphatic heterocycles. The molecule has 0 fully saturated rings. The van der Waals surface area contributed by atoms with Gasteiger partial charge in [0.05, 0.1) is 27.0 Å². The van der Waals surface area contributed by atoms with Gasteiger partial charge in [-0.05, 0) is 47.9 Å². The highest BCUT2D eigenvalue weighted by atomic mass is 16.5. The third-order valence-corrected chi connectivity index (χ3v) is 4.42. The van der Waals surface area contributed by atoms with Crippen molar-refractivity contribution in [1.29, 1.82) is 0 Å². The molecule has 0 unspecified atom stereocenters. The van der Waals surface area contributed by atoms with Gasteiger partial charge in [0, 0.05) is 0 Å². The first-order valence-electron chi connectivity index (χ1n) is 9.43. The Labute approximate surface area is 171 Å². The van der Waals surface area contributed by atoms with E-state index in [0.29, 0.717) is 24.7 Å². The molecule has 3 aromatic rings. The van der Waals surface area contributed by atoms with Gasteiger partial charge in [0.1, 0.15) is 12.4 Å². The maximum absolute atomic E-state index is 5.89. The van der Waals surface area contributed by atoms with E-state index in [9.17, 15) is 0 Å². The normalized spacial score (nSPS) is 10.7. The Bertz CT molecular complexity index is 953. The molecule has 29 heavy (non-hydrogen) atoms. The van der Waals surface area contributed by atoms with Crippen molar-refractivity contribution in [3.8, 4) is 17.2 Å². The van der Waals surface area contributed by atoms with Crippen molar-refractivity contribution in [2.45, 2.75) is 20.1 Å². The van der Waals surface area contributed by atoms with E-state index in [2.05, 4.69) is 41.7 Å². The monoisotopic (exact) mass is 390 g/mol. The molecule has 0 saturated heterocycles. The smallest absolute Gasteiger partial charge is 0.161 e. The maximum atomic E-state index is 5.89. The minimum absolute atomic E-state index is 0.540. The Hall–Kier alpha value is -3.47. The van der Waals surface area contributed by atoms with Gasteiger partial charge in [-0.25, -0.2) is 0 Å². The van der Waals surface area contributed by atoms with E-state index in [1.807, 2.05) is 42.5 Å². The Kier molecular flexibility index (Phi) is 7.11. The lowest BCUT2D eigenvalue weighted by Gasteiger charge is -2.09. The first-order valence-corrected chi connectivity index (χ1v) is 9.43. The molecule has 3 aromatic carbocycles. The summed E-state index contributed by atoms with van der Waals surface area (Å²) in [5.41, 5.74) is 7.46. The predicted octanol–water partition coefficient (Wildman–Crippen LogP) is 4.71. The van der Waals surface area contributed by atoms with Crippen LogP contribution in [0.1, 0.15) is 22.3 Å². The van der Waals surface area contributed by atoms with Gasteiger partial charge in [0.2, 0.25) is 0 Å². The van der Waals surface area contributed by atoms with Crippen LogP contribution in [0.5, 0.6) is 17.2 Å². The average molecular weight is 390 g/mol. The molecular formula is C24H26N2O3. The molecule has 0 aromatic heterocycles. The second kappa shape index (κ2) is 10.2. The molecular weight excluding hydrogens is 364 g/mol. The lowest BCUT2D eigenvalue weighted by atomic mass is 10.2. The Morgan fingerprint density at radius 1 is 0.862 bits per heavy atom. The highest BCUT2D eigenvalue weighted by Crippen LogP contribution is 2.27. The predicted molar refractivity (Wildman–Crippen MR) is 116 cm³/mol. The topological polar surface area (TPSA) is 52.1 Å². The maximum Gasteiger partial charge on any atom is 0.161 e. The van der Waals surface area contributed by atoms with E-state index < -0.39 is 0 Å². The molecule has 5 heteroatoms. The summed E-state index contributed by atoms with van der Waals surface area (Å²) in [6, 6.07) is 22.0. The number of hydrogen-bond acceptors (Lipinski definition) is 5. The number of hydrogen-bond donors (Lipinski definition) is 1. The quantitative estimate of drug-likeness (QED) is 0.424. The molecule has 0 amide bonds. The molecule has 5 nitrogen and oxygen atoms in total. The number of hydrazone groups is 1. The summed E-state index contributed by atoms with van der Waals surface area (Å²) in [6.45, 7) is 3.20. The van der Waals surface area contributed by atoms with E-state index in [0.717, 1.165) is 22.4 Å². The van der Waals surface area contributed by atoms with Gasteiger partial charge in [-0.1, -0.05) is 48.0 Å². The zero-order chi connectivity index (χ0) is 20.5. The zero-order valence-corrected chi connectivity index (χ0v) is 17.0. The Morgan fingerprint density at radius 3 is 2.38 bits per heavy atom. The van der Waals surface area contributed by atoms with Crippen molar-refractivity contribution >= 4 is 6.21 Å². The summed E-state index contributed by atoms with van der Waals surface area (Å²) >= 11 is 0. The van der Waals surface area contributed by atoms with Crippen LogP contribution >= 0.6 is 0 Å². The number of aryl methyl sites for hydroxylation is 1. The Balaban J connectivity index is 1.53. The van der Waals surface area contributed by atoms with Crippen molar-refractivity contribution < 1.29 is 14.2 Å². The van der Waals surface area contributed by atoms with Crippen molar-refractivity contribution in [2.24, 2.45) is 5.10 Å². The largest absolute Gasteiger partial charge is 0.493 e. The summed E-state index contributed by atoms with van der Waals surface area (Å²) in [5, 5.41) is 4.30. The molecule has 0 heterocycles. The van der Waals surface area contributed by atoms with Gasteiger partial charge in [0.15, 0.2) is 11.5 Å². The minimum Gasteiger partial charge on any atom is -0.493 e. The van der Waals surface area contributed by atoms with Crippen LogP contribution in [0.2, 0.25) is 0 Å². The first-order chi connectivity index (χ1) is 14.2. The van der Waals surface area contributed by atoms with Gasteiger partial charge in [-0.2, -0.15) is 5.10 Å². The number of nitrogens with zero attached hydrogens (tertiary/aromatic N) is 1. The number of methoxy groups -OCH3 is 2. The molecule has 0 aliphatic carbocycles. The molecule has 0 saturated carbocycles. The highest BCUT2D eigenvalue weighted by Gasteiger charge is 2.04. The molecule has 0 atom stereocenters. The molecule has 1 N–H and O–H groups in total. The lowest BCUT2D eigenvalue weighted by molar-refractivity contribution is 0.306. The lowest BCUT2D eigenvalue weighted by Crippen LogP contribution is -2.06. The SMILES string of the molecule is COc1ccc(CN/N=C\c2cccc(OCc3ccc(C)cc3)c2)cc1OC. The molecule has 150 valence electrons. The second-order valence-corrected chi connectivity index (χ2v) is 6.63. The van der Waals surface area contributed by atoms with Crippen LogP contribution in [0, 0.1) is 6.92 Å². The summed E-state index contributed by atoms with van der Waals surface area (Å²) in [4.78, 5) is 0. The van der Waals surface area contributed by atoms with Gasteiger partial charge in [-0.15, -0.1) is 0 Å². The van der Waals surface area contributed by atoms with Crippen molar-refractivity contribution in [2.75, 3.05) is 14.2 Å². The van der Waals surface area contributed by atoms with Crippen LogP contribution < -0.4 is 19.6 Å². The van der Waals surface area contributed by atoms with E-state index >= 15 is 0 Å². The highest BCUT2D eigenvalue weighted by molar-refractivity contribution is 5.79. The Morgan fingerprint density at radius 2 is 1.62 bits per heavy atom. The van der Waals surface area contributed by atoms with Crippen LogP contribution in [0.4, 0.5) is 0 Å². The summed E-state index contributed by atoms with van der Waals surface area (Å²) in [5.74, 6) is 2.23. The summed E-state index contributed by atoms with van der Waals surface area (Å²) in [6.07, 6.45) is 1.78. The van der Waals surface area contributed by atoms with E-state index in [1.54, 1.807) is 20.4 Å². The molecule has 0 spiro atoms. The first kappa shape index (κ1) is 20.3. The third-order valence-electron chi connectivity index (χ3n) is 4.42. The number of rotatable bonds is 9. The fourth-order valence-corrected chi connectivity index (χ4v) is 2.78. The number of ether oxygens (including phenoxy) is 3. The average Bonchev–Trinajstić information content (AvgIpc) is 2.76. The second-order valence-electron chi connectivity index (χ2n) is 6.63. The van der Waals surface area contributed by atoms with Crippen molar-refractivity contribution in [1.82, 2.24) is 5.43 Å². The van der Waals surface area contributed by atoms with Gasteiger partial charge in [0.25, 0.3) is 0 Å². The summed E-state index contributed by atoms with van der Waals surface area (Å²) < 4.78 is 16.5. The van der Waals surface area contributed by atoms with E-state index in [-0.39, 0.29) is 0 Å². The van der Waals surface area contributed by atoms with Crippen molar-refractivity contribution in [3.05, 3.63) is 89.0 Å². The van der Waals surface area contributed by atoms with Gasteiger partial charge in [-0.3, -0.25) is 0 Å². The standard InChI is InChI=1S/C24H26N2O3/c1-18-7-9-19(10-8-18)17-29-22-6-4-5-20(13-22)15-25-26-16-21-11-12-23(27-2)24(14-21)28-3/h4-15,26H,16-17H2,1-3H3/b25-15-. The number of nitrogens with one attached hydrogen (secondary N) is 1. The molecule has 0 bridgehead atoms. The zero-order valence-electron chi connectivity index (χ0n) is 17.0. The number of benzene rings is 3. The van der Waals surface area contributed by atoms with Crippen LogP contribution in [0.25, 0.3) is 0 Å². The molecule has 0 aliphatic rings. The van der Waals surface area contributed by atoms with E-state index in [4.69, 9.17) is 14.2 Å². The van der Waals surface area contributed by atoms with Crippen LogP contribution in [0.3, 0.4) is 0 Å².